The van der Waals surface area contributed by atoms with Crippen molar-refractivity contribution >= 4 is 40.0 Å². The highest BCUT2D eigenvalue weighted by Crippen LogP contribution is 2.36. The number of carbonyl (C=O) groups excluding carboxylic acids is 2. The minimum atomic E-state index is -0.156. The average molecular weight is 376 g/mol. The molecule has 2 amide bonds. The number of amides is 2. The molecule has 4 rings (SSSR count). The van der Waals surface area contributed by atoms with Crippen LogP contribution in [-0.2, 0) is 4.79 Å². The minimum Gasteiger partial charge on any atom is -0.345 e. The highest BCUT2D eigenvalue weighted by Gasteiger charge is 2.24. The zero-order valence-corrected chi connectivity index (χ0v) is 16.0. The molecular weight excluding hydrogens is 356 g/mol. The fourth-order valence-corrected chi connectivity index (χ4v) is 4.27. The fourth-order valence-electron chi connectivity index (χ4n) is 3.34. The number of hydrogen-bond donors (Lipinski definition) is 2. The standard InChI is InChI=1S/C22H20N2O2S/c1-13(17-9-5-7-15-6-3-4-8-18(15)17)23-22(26)16-10-11-20-19(12-16)24-21(25)14(2)27-20/h3-14H,1-2H3,(H,23,26)(H,24,25). The van der Waals surface area contributed by atoms with Crippen LogP contribution < -0.4 is 10.6 Å². The molecule has 1 aliphatic rings. The van der Waals surface area contributed by atoms with Crippen molar-refractivity contribution in [3.8, 4) is 0 Å². The highest BCUT2D eigenvalue weighted by molar-refractivity contribution is 8.00. The third-order valence-corrected chi connectivity index (χ3v) is 5.99. The minimum absolute atomic E-state index is 0.0332. The van der Waals surface area contributed by atoms with Crippen molar-refractivity contribution in [2.24, 2.45) is 0 Å². The van der Waals surface area contributed by atoms with E-state index in [-0.39, 0.29) is 23.1 Å². The molecule has 5 heteroatoms. The molecule has 3 aromatic carbocycles. The summed E-state index contributed by atoms with van der Waals surface area (Å²) in [6, 6.07) is 19.6. The summed E-state index contributed by atoms with van der Waals surface area (Å²) in [7, 11) is 0. The first-order valence-electron chi connectivity index (χ1n) is 8.93. The van der Waals surface area contributed by atoms with Crippen molar-refractivity contribution in [3.05, 3.63) is 71.8 Å². The van der Waals surface area contributed by atoms with Crippen LogP contribution in [0, 0.1) is 0 Å². The van der Waals surface area contributed by atoms with Gasteiger partial charge in [-0.2, -0.15) is 0 Å². The van der Waals surface area contributed by atoms with Crippen LogP contribution in [0.15, 0.2) is 65.6 Å². The quantitative estimate of drug-likeness (QED) is 0.693. The van der Waals surface area contributed by atoms with Crippen molar-refractivity contribution in [2.45, 2.75) is 30.0 Å². The number of carbonyl (C=O) groups is 2. The Kier molecular flexibility index (Phi) is 4.62. The number of hydrogen-bond acceptors (Lipinski definition) is 3. The summed E-state index contributed by atoms with van der Waals surface area (Å²) in [5.74, 6) is -0.190. The van der Waals surface area contributed by atoms with Gasteiger partial charge in [0.1, 0.15) is 0 Å². The van der Waals surface area contributed by atoms with Crippen molar-refractivity contribution in [1.82, 2.24) is 5.32 Å². The van der Waals surface area contributed by atoms with Crippen LogP contribution in [0.25, 0.3) is 10.8 Å². The van der Waals surface area contributed by atoms with Gasteiger partial charge in [0.15, 0.2) is 0 Å². The van der Waals surface area contributed by atoms with Crippen LogP contribution in [0.5, 0.6) is 0 Å². The number of nitrogens with one attached hydrogen (secondary N) is 2. The van der Waals surface area contributed by atoms with Crippen LogP contribution in [-0.4, -0.2) is 17.1 Å². The molecule has 0 bridgehead atoms. The van der Waals surface area contributed by atoms with Gasteiger partial charge < -0.3 is 10.6 Å². The molecule has 0 aromatic heterocycles. The summed E-state index contributed by atoms with van der Waals surface area (Å²) in [5.41, 5.74) is 2.32. The molecule has 0 radical (unpaired) electrons. The molecule has 0 aliphatic carbocycles. The number of benzene rings is 3. The van der Waals surface area contributed by atoms with Crippen molar-refractivity contribution in [1.29, 1.82) is 0 Å². The predicted octanol–water partition coefficient (Wildman–Crippen LogP) is 4.76. The maximum Gasteiger partial charge on any atom is 0.251 e. The Morgan fingerprint density at radius 2 is 1.89 bits per heavy atom. The van der Waals surface area contributed by atoms with Gasteiger partial charge in [-0.05, 0) is 48.4 Å². The van der Waals surface area contributed by atoms with Crippen LogP contribution in [0.1, 0.15) is 35.8 Å². The smallest absolute Gasteiger partial charge is 0.251 e. The first kappa shape index (κ1) is 17.6. The van der Waals surface area contributed by atoms with E-state index in [0.29, 0.717) is 11.3 Å². The summed E-state index contributed by atoms with van der Waals surface area (Å²) in [5, 5.41) is 8.11. The summed E-state index contributed by atoms with van der Waals surface area (Å²) in [6.07, 6.45) is 0. The van der Waals surface area contributed by atoms with E-state index in [4.69, 9.17) is 0 Å². The van der Waals surface area contributed by atoms with Gasteiger partial charge in [-0.3, -0.25) is 9.59 Å². The lowest BCUT2D eigenvalue weighted by Crippen LogP contribution is -2.28. The molecule has 0 saturated carbocycles. The van der Waals surface area contributed by atoms with Gasteiger partial charge in [0.2, 0.25) is 5.91 Å². The van der Waals surface area contributed by atoms with E-state index in [1.807, 2.05) is 44.2 Å². The van der Waals surface area contributed by atoms with Gasteiger partial charge in [-0.15, -0.1) is 11.8 Å². The molecule has 27 heavy (non-hydrogen) atoms. The van der Waals surface area contributed by atoms with E-state index in [9.17, 15) is 9.59 Å². The van der Waals surface area contributed by atoms with Crippen LogP contribution >= 0.6 is 11.8 Å². The number of rotatable bonds is 3. The second-order valence-electron chi connectivity index (χ2n) is 6.72. The van der Waals surface area contributed by atoms with E-state index < -0.39 is 0 Å². The summed E-state index contributed by atoms with van der Waals surface area (Å²) < 4.78 is 0. The Balaban J connectivity index is 1.57. The molecule has 0 spiro atoms. The number of anilines is 1. The second-order valence-corrected chi connectivity index (χ2v) is 8.11. The maximum atomic E-state index is 12.8. The van der Waals surface area contributed by atoms with Crippen molar-refractivity contribution in [2.75, 3.05) is 5.32 Å². The lowest BCUT2D eigenvalue weighted by atomic mass is 9.99. The molecule has 4 nitrogen and oxygen atoms in total. The molecule has 3 aromatic rings. The summed E-state index contributed by atoms with van der Waals surface area (Å²) in [6.45, 7) is 3.85. The molecule has 0 saturated heterocycles. The number of thioether (sulfide) groups is 1. The number of fused-ring (bicyclic) bond motifs is 2. The van der Waals surface area contributed by atoms with E-state index in [0.717, 1.165) is 21.2 Å². The van der Waals surface area contributed by atoms with E-state index >= 15 is 0 Å². The Hall–Kier alpha value is -2.79. The molecule has 1 heterocycles. The second kappa shape index (κ2) is 7.08. The molecule has 0 fully saturated rings. The maximum absolute atomic E-state index is 12.8. The predicted molar refractivity (Wildman–Crippen MR) is 110 cm³/mol. The van der Waals surface area contributed by atoms with E-state index in [1.54, 1.807) is 12.1 Å². The van der Waals surface area contributed by atoms with Gasteiger partial charge in [0.25, 0.3) is 5.91 Å². The van der Waals surface area contributed by atoms with E-state index in [1.165, 1.54) is 11.8 Å². The Morgan fingerprint density at radius 1 is 1.11 bits per heavy atom. The SMILES string of the molecule is CC1Sc2ccc(C(=O)NC(C)c3cccc4ccccc34)cc2NC1=O. The first-order chi connectivity index (χ1) is 13.0. The summed E-state index contributed by atoms with van der Waals surface area (Å²) in [4.78, 5) is 25.6. The van der Waals surface area contributed by atoms with Gasteiger partial charge in [0.05, 0.1) is 17.0 Å². The van der Waals surface area contributed by atoms with Crippen molar-refractivity contribution < 1.29 is 9.59 Å². The lowest BCUT2D eigenvalue weighted by Gasteiger charge is -2.22. The third-order valence-electron chi connectivity index (χ3n) is 4.81. The average Bonchev–Trinajstić information content (AvgIpc) is 2.68. The zero-order valence-electron chi connectivity index (χ0n) is 15.2. The Morgan fingerprint density at radius 3 is 2.74 bits per heavy atom. The van der Waals surface area contributed by atoms with Gasteiger partial charge in [-0.1, -0.05) is 42.5 Å². The van der Waals surface area contributed by atoms with E-state index in [2.05, 4.69) is 28.8 Å². The normalized spacial score (nSPS) is 17.1. The molecule has 2 atom stereocenters. The van der Waals surface area contributed by atoms with Crippen LogP contribution in [0.4, 0.5) is 5.69 Å². The third kappa shape index (κ3) is 3.43. The monoisotopic (exact) mass is 376 g/mol. The Bertz CT molecular complexity index is 1040. The van der Waals surface area contributed by atoms with Crippen LogP contribution in [0.3, 0.4) is 0 Å². The molecule has 136 valence electrons. The molecular formula is C22H20N2O2S. The van der Waals surface area contributed by atoms with Gasteiger partial charge >= 0.3 is 0 Å². The van der Waals surface area contributed by atoms with Gasteiger partial charge in [0, 0.05) is 10.5 Å². The van der Waals surface area contributed by atoms with Crippen molar-refractivity contribution in [3.63, 3.8) is 0 Å². The molecule has 2 unspecified atom stereocenters. The highest BCUT2D eigenvalue weighted by atomic mass is 32.2. The van der Waals surface area contributed by atoms with Crippen LogP contribution in [0.2, 0.25) is 0 Å². The summed E-state index contributed by atoms with van der Waals surface area (Å²) >= 11 is 1.51. The fraction of sp³-hybridized carbons (Fsp3) is 0.182. The topological polar surface area (TPSA) is 58.2 Å². The van der Waals surface area contributed by atoms with Gasteiger partial charge in [-0.25, -0.2) is 0 Å². The Labute approximate surface area is 162 Å². The lowest BCUT2D eigenvalue weighted by molar-refractivity contribution is -0.115. The largest absolute Gasteiger partial charge is 0.345 e. The molecule has 1 aliphatic heterocycles. The zero-order chi connectivity index (χ0) is 19.0. The first-order valence-corrected chi connectivity index (χ1v) is 9.81. The molecule has 2 N–H and O–H groups in total.